The molecule has 0 aliphatic rings. The number of nitrogens with zero attached hydrogens (tertiary/aromatic N) is 1. The Labute approximate surface area is 114 Å². The van der Waals surface area contributed by atoms with Gasteiger partial charge in [-0.05, 0) is 23.6 Å². The molecule has 3 aromatic carbocycles. The standard InChI is InChI=1S/C17H10FNO/c18-14-8-4-3-7-13(14)17-19-15-10-9-11-5-1-2-6-12(11)16(15)20-17/h1-10H. The predicted octanol–water partition coefficient (Wildman–Crippen LogP) is 4.79. The zero-order valence-corrected chi connectivity index (χ0v) is 10.5. The number of benzene rings is 3. The topological polar surface area (TPSA) is 26.0 Å². The summed E-state index contributed by atoms with van der Waals surface area (Å²) >= 11 is 0. The monoisotopic (exact) mass is 263 g/mol. The minimum atomic E-state index is -0.330. The van der Waals surface area contributed by atoms with E-state index in [4.69, 9.17) is 4.42 Å². The first-order chi connectivity index (χ1) is 9.83. The summed E-state index contributed by atoms with van der Waals surface area (Å²) in [6, 6.07) is 18.3. The van der Waals surface area contributed by atoms with E-state index in [1.807, 2.05) is 36.4 Å². The van der Waals surface area contributed by atoms with Gasteiger partial charge < -0.3 is 4.42 Å². The van der Waals surface area contributed by atoms with Crippen LogP contribution in [0.15, 0.2) is 65.1 Å². The third-order valence-corrected chi connectivity index (χ3v) is 3.38. The first-order valence-corrected chi connectivity index (χ1v) is 6.36. The number of hydrogen-bond donors (Lipinski definition) is 0. The summed E-state index contributed by atoms with van der Waals surface area (Å²) in [5.74, 6) is -0.0159. The second kappa shape index (κ2) is 4.17. The fourth-order valence-corrected chi connectivity index (χ4v) is 2.41. The van der Waals surface area contributed by atoms with Gasteiger partial charge in [-0.1, -0.05) is 42.5 Å². The van der Waals surface area contributed by atoms with Gasteiger partial charge >= 0.3 is 0 Å². The quantitative estimate of drug-likeness (QED) is 0.493. The lowest BCUT2D eigenvalue weighted by molar-refractivity contribution is 0.595. The second-order valence-electron chi connectivity index (χ2n) is 4.63. The Bertz CT molecular complexity index is 926. The molecular formula is C17H10FNO. The van der Waals surface area contributed by atoms with Gasteiger partial charge in [0, 0.05) is 5.39 Å². The van der Waals surface area contributed by atoms with Crippen molar-refractivity contribution in [3.63, 3.8) is 0 Å². The summed E-state index contributed by atoms with van der Waals surface area (Å²) in [6.45, 7) is 0. The van der Waals surface area contributed by atoms with Crippen LogP contribution in [-0.2, 0) is 0 Å². The molecular weight excluding hydrogens is 253 g/mol. The van der Waals surface area contributed by atoms with E-state index in [1.165, 1.54) is 6.07 Å². The van der Waals surface area contributed by atoms with Crippen molar-refractivity contribution in [1.82, 2.24) is 4.98 Å². The highest BCUT2D eigenvalue weighted by atomic mass is 19.1. The summed E-state index contributed by atoms with van der Waals surface area (Å²) in [7, 11) is 0. The summed E-state index contributed by atoms with van der Waals surface area (Å²) < 4.78 is 19.6. The molecule has 0 unspecified atom stereocenters. The third-order valence-electron chi connectivity index (χ3n) is 3.38. The van der Waals surface area contributed by atoms with Gasteiger partial charge in [0.25, 0.3) is 0 Å². The number of hydrogen-bond acceptors (Lipinski definition) is 2. The Kier molecular flexibility index (Phi) is 2.33. The van der Waals surface area contributed by atoms with Crippen LogP contribution >= 0.6 is 0 Å². The van der Waals surface area contributed by atoms with Crippen molar-refractivity contribution in [1.29, 1.82) is 0 Å². The smallest absolute Gasteiger partial charge is 0.230 e. The molecule has 0 bridgehead atoms. The Morgan fingerprint density at radius 3 is 2.55 bits per heavy atom. The van der Waals surface area contributed by atoms with Crippen molar-refractivity contribution in [2.75, 3.05) is 0 Å². The van der Waals surface area contributed by atoms with Crippen LogP contribution in [0.25, 0.3) is 33.3 Å². The van der Waals surface area contributed by atoms with E-state index in [1.54, 1.807) is 18.2 Å². The third kappa shape index (κ3) is 1.60. The Morgan fingerprint density at radius 2 is 1.65 bits per heavy atom. The van der Waals surface area contributed by atoms with Crippen LogP contribution in [-0.4, -0.2) is 4.98 Å². The van der Waals surface area contributed by atoms with Crippen LogP contribution in [0, 0.1) is 5.82 Å². The number of oxazole rings is 1. The van der Waals surface area contributed by atoms with E-state index < -0.39 is 0 Å². The average Bonchev–Trinajstić information content (AvgIpc) is 2.92. The van der Waals surface area contributed by atoms with Crippen molar-refractivity contribution >= 4 is 21.9 Å². The summed E-state index contributed by atoms with van der Waals surface area (Å²) in [5, 5.41) is 2.07. The van der Waals surface area contributed by atoms with Crippen molar-refractivity contribution in [3.8, 4) is 11.5 Å². The van der Waals surface area contributed by atoms with Crippen molar-refractivity contribution < 1.29 is 8.81 Å². The molecule has 3 heteroatoms. The van der Waals surface area contributed by atoms with Crippen molar-refractivity contribution in [2.45, 2.75) is 0 Å². The minimum absolute atomic E-state index is 0.314. The molecule has 0 saturated heterocycles. The van der Waals surface area contributed by atoms with Crippen LogP contribution in [0.4, 0.5) is 4.39 Å². The summed E-state index contributed by atoms with van der Waals surface area (Å²) in [5.41, 5.74) is 1.82. The highest BCUT2D eigenvalue weighted by Gasteiger charge is 2.13. The zero-order valence-electron chi connectivity index (χ0n) is 10.5. The highest BCUT2D eigenvalue weighted by molar-refractivity contribution is 6.03. The van der Waals surface area contributed by atoms with Crippen LogP contribution in [0.1, 0.15) is 0 Å². The number of aromatic nitrogens is 1. The molecule has 0 amide bonds. The molecule has 4 aromatic rings. The van der Waals surface area contributed by atoms with Crippen molar-refractivity contribution in [2.24, 2.45) is 0 Å². The molecule has 0 fully saturated rings. The van der Waals surface area contributed by atoms with Crippen LogP contribution in [0.2, 0.25) is 0 Å². The molecule has 0 N–H and O–H groups in total. The molecule has 4 rings (SSSR count). The molecule has 0 atom stereocenters. The molecule has 0 radical (unpaired) electrons. The van der Waals surface area contributed by atoms with E-state index in [0.29, 0.717) is 17.0 Å². The van der Waals surface area contributed by atoms with E-state index in [9.17, 15) is 4.39 Å². The maximum Gasteiger partial charge on any atom is 0.230 e. The van der Waals surface area contributed by atoms with Gasteiger partial charge in [0.2, 0.25) is 5.89 Å². The van der Waals surface area contributed by atoms with Crippen LogP contribution in [0.5, 0.6) is 0 Å². The normalized spacial score (nSPS) is 11.2. The molecule has 96 valence electrons. The average molecular weight is 263 g/mol. The summed E-state index contributed by atoms with van der Waals surface area (Å²) in [6.07, 6.45) is 0. The lowest BCUT2D eigenvalue weighted by atomic mass is 10.1. The van der Waals surface area contributed by atoms with E-state index >= 15 is 0 Å². The molecule has 1 heterocycles. The van der Waals surface area contributed by atoms with E-state index in [0.717, 1.165) is 16.3 Å². The van der Waals surface area contributed by atoms with E-state index in [2.05, 4.69) is 4.98 Å². The fourth-order valence-electron chi connectivity index (χ4n) is 2.41. The molecule has 0 aliphatic carbocycles. The maximum absolute atomic E-state index is 13.8. The van der Waals surface area contributed by atoms with Gasteiger partial charge in [-0.2, -0.15) is 0 Å². The Hall–Kier alpha value is -2.68. The van der Waals surface area contributed by atoms with Crippen LogP contribution in [0.3, 0.4) is 0 Å². The number of rotatable bonds is 1. The lowest BCUT2D eigenvalue weighted by Crippen LogP contribution is -1.82. The van der Waals surface area contributed by atoms with E-state index in [-0.39, 0.29) is 5.82 Å². The SMILES string of the molecule is Fc1ccccc1-c1nc2ccc3ccccc3c2o1. The number of halogens is 1. The van der Waals surface area contributed by atoms with Gasteiger partial charge in [0.05, 0.1) is 5.56 Å². The molecule has 1 aromatic heterocycles. The van der Waals surface area contributed by atoms with Crippen LogP contribution < -0.4 is 0 Å². The molecule has 0 spiro atoms. The molecule has 2 nitrogen and oxygen atoms in total. The van der Waals surface area contributed by atoms with Gasteiger partial charge in [-0.15, -0.1) is 0 Å². The van der Waals surface area contributed by atoms with Crippen molar-refractivity contribution in [3.05, 3.63) is 66.5 Å². The summed E-state index contributed by atoms with van der Waals surface area (Å²) in [4.78, 5) is 4.39. The molecule has 0 saturated carbocycles. The predicted molar refractivity (Wildman–Crippen MR) is 76.9 cm³/mol. The zero-order chi connectivity index (χ0) is 13.5. The minimum Gasteiger partial charge on any atom is -0.435 e. The first kappa shape index (κ1) is 11.2. The maximum atomic E-state index is 13.8. The van der Waals surface area contributed by atoms with Gasteiger partial charge in [0.1, 0.15) is 11.3 Å². The molecule has 0 aliphatic heterocycles. The fraction of sp³-hybridized carbons (Fsp3) is 0. The second-order valence-corrected chi connectivity index (χ2v) is 4.63. The van der Waals surface area contributed by atoms with Gasteiger partial charge in [-0.3, -0.25) is 0 Å². The van der Waals surface area contributed by atoms with Gasteiger partial charge in [-0.25, -0.2) is 9.37 Å². The van der Waals surface area contributed by atoms with Gasteiger partial charge in [0.15, 0.2) is 5.58 Å². The Balaban J connectivity index is 2.04. The largest absolute Gasteiger partial charge is 0.435 e. The number of fused-ring (bicyclic) bond motifs is 3. The highest BCUT2D eigenvalue weighted by Crippen LogP contribution is 2.30. The lowest BCUT2D eigenvalue weighted by Gasteiger charge is -1.97. The molecule has 20 heavy (non-hydrogen) atoms. The first-order valence-electron chi connectivity index (χ1n) is 6.36. The Morgan fingerprint density at radius 1 is 0.850 bits per heavy atom.